The van der Waals surface area contributed by atoms with Crippen LogP contribution in [-0.2, 0) is 20.1 Å². The van der Waals surface area contributed by atoms with Gasteiger partial charge in [-0.1, -0.05) is 169 Å². The quantitative estimate of drug-likeness (QED) is 0.0865. The molecule has 0 radical (unpaired) electrons. The van der Waals surface area contributed by atoms with Crippen molar-refractivity contribution in [2.45, 2.75) is 50.1 Å². The van der Waals surface area contributed by atoms with E-state index < -0.39 is 19.2 Å². The summed E-state index contributed by atoms with van der Waals surface area (Å²) in [6.45, 7) is 5.98. The zero-order valence-corrected chi connectivity index (χ0v) is 48.4. The number of benzene rings is 9. The summed E-state index contributed by atoms with van der Waals surface area (Å²) in [5.41, 5.74) is 15.9. The van der Waals surface area contributed by atoms with Crippen molar-refractivity contribution in [2.75, 3.05) is 4.90 Å². The third-order valence-electron chi connectivity index (χ3n) is 14.3. The average molecular weight is 1240 g/mol. The van der Waals surface area contributed by atoms with E-state index in [2.05, 4.69) is 216 Å². The summed E-state index contributed by atoms with van der Waals surface area (Å²) in [4.78, 5) is 12.2. The summed E-state index contributed by atoms with van der Waals surface area (Å²) in [6, 6.07) is 73.9. The van der Waals surface area contributed by atoms with Gasteiger partial charge in [0.1, 0.15) is 0 Å². The Morgan fingerprint density at radius 2 is 1.26 bits per heavy atom. The van der Waals surface area contributed by atoms with Crippen molar-refractivity contribution in [3.05, 3.63) is 246 Å². The van der Waals surface area contributed by atoms with Crippen LogP contribution in [0.3, 0.4) is 0 Å². The van der Waals surface area contributed by atoms with Crippen LogP contribution in [0.5, 0.6) is 0 Å². The van der Waals surface area contributed by atoms with Crippen molar-refractivity contribution in [2.24, 2.45) is 0 Å². The Hall–Kier alpha value is -7.26. The molecule has 9 aromatic carbocycles. The third kappa shape index (κ3) is 9.45. The van der Waals surface area contributed by atoms with Crippen LogP contribution in [-0.4, -0.2) is 23.2 Å². The molecule has 76 heavy (non-hydrogen) atoms. The van der Waals surface area contributed by atoms with Crippen molar-refractivity contribution in [1.82, 2.24) is 9.97 Å². The normalized spacial score (nSPS) is 13.5. The Kier molecular flexibility index (Phi) is 13.7. The molecule has 4 heterocycles. The molecule has 0 N–H and O–H groups in total. The van der Waals surface area contributed by atoms with E-state index in [1.807, 2.05) is 32.3 Å². The van der Waals surface area contributed by atoms with Gasteiger partial charge in [-0.25, -0.2) is 11.3 Å². The summed E-state index contributed by atoms with van der Waals surface area (Å²) in [7, 11) is 0. The fraction of sp³-hybridized carbons (Fsp3) is 0.118. The number of pyridine rings is 2. The maximum atomic E-state index is 13.0. The summed E-state index contributed by atoms with van der Waals surface area (Å²) < 4.78 is 25.0. The predicted octanol–water partition coefficient (Wildman–Crippen LogP) is 19.1. The van der Waals surface area contributed by atoms with Crippen LogP contribution in [0.2, 0.25) is 17.3 Å². The molecule has 1 aliphatic heterocycles. The van der Waals surface area contributed by atoms with Crippen molar-refractivity contribution < 1.29 is 25.9 Å². The Balaban J connectivity index is 0.000000243. The Labute approximate surface area is 466 Å². The van der Waals surface area contributed by atoms with Crippen LogP contribution >= 0.6 is 11.3 Å². The van der Waals surface area contributed by atoms with E-state index in [0.29, 0.717) is 0 Å². The zero-order chi connectivity index (χ0) is 52.3. The first-order chi connectivity index (χ1) is 36.8. The molecule has 1 aliphatic rings. The molecule has 0 saturated carbocycles. The smallest absolute Gasteiger partial charge is 3.00 e. The number of anilines is 2. The van der Waals surface area contributed by atoms with Crippen molar-refractivity contribution in [3.63, 3.8) is 0 Å². The Bertz CT molecular complexity index is 4140. The van der Waals surface area contributed by atoms with E-state index >= 15 is 0 Å². The molecule has 0 saturated heterocycles. The molecule has 3 aromatic heterocycles. The van der Waals surface area contributed by atoms with E-state index in [1.54, 1.807) is 17.4 Å². The van der Waals surface area contributed by atoms with Gasteiger partial charge in [-0.2, -0.15) is 12.1 Å². The molecule has 12 aromatic rings. The molecule has 0 amide bonds. The van der Waals surface area contributed by atoms with E-state index in [0.717, 1.165) is 82.9 Å². The van der Waals surface area contributed by atoms with Crippen LogP contribution in [0.4, 0.5) is 21.5 Å². The fourth-order valence-electron chi connectivity index (χ4n) is 10.6. The first kappa shape index (κ1) is 49.6. The topological polar surface area (TPSA) is 43.1 Å². The molecule has 13 rings (SSSR count). The minimum atomic E-state index is -2.10. The summed E-state index contributed by atoms with van der Waals surface area (Å²) >= 11 is -0.295. The van der Waals surface area contributed by atoms with E-state index in [4.69, 9.17) is 11.7 Å². The van der Waals surface area contributed by atoms with Crippen LogP contribution < -0.4 is 9.30 Å². The summed E-state index contributed by atoms with van der Waals surface area (Å²) in [5, 5.41) is 11.7. The number of hydrogen-bond donors (Lipinski definition) is 0. The number of hydrogen-bond acceptors (Lipinski definition) is 4. The van der Waals surface area contributed by atoms with Gasteiger partial charge in [0.2, 0.25) is 0 Å². The molecule has 0 bridgehead atoms. The van der Waals surface area contributed by atoms with Gasteiger partial charge in [0.25, 0.3) is 0 Å². The van der Waals surface area contributed by atoms with Gasteiger partial charge in [0.05, 0.1) is 5.52 Å². The first-order valence-corrected chi connectivity index (χ1v) is 33.6. The standard InChI is InChI=1S/C51H33N3S.C17H21FGeN.Ir/c1-32-25-27-43(50-46(32)48-45(55-50)30-37(31-52-48)34-17-7-3-8-18-34)51-53-47-41-23-13-11-21-39(41)40-22-12-14-24-42(40)49(47)54(51)44-29-36(33-15-5-2-6-16-33)26-28-38(44)35-19-9-4-10-20-35;1-12(2)15-10-17(13-6-8-14(18)9-7-13)20-11-16(15)19(3,4)5;/h2-26,28-31,51H,1H3;6,8-12H,1-5H3;/q-2;-1;+3/i;12D;. The molecule has 8 heteroatoms. The SMILES string of the molecule is Cc1c[c-]c(C2[N-]c3c(c4ccccc4c4ccccc34)N2c2cc(-c3ccccc3)ccc2-c2ccccc2)c2sc3cc(-c4ccccc4)cnc3c12.[2H]C(C)(C)c1cc(-c2[c-]cc(F)cc2)nc[c]1[Ge]([CH3])([CH3])[CH3].[Ir+3]. The molecule has 0 spiro atoms. The zero-order valence-electron chi connectivity index (χ0n) is 44.1. The second kappa shape index (κ2) is 21.0. The van der Waals surface area contributed by atoms with Crippen LogP contribution in [0.1, 0.15) is 44.0 Å². The van der Waals surface area contributed by atoms with Crippen LogP contribution in [0.25, 0.3) is 91.8 Å². The van der Waals surface area contributed by atoms with Crippen molar-refractivity contribution in [1.29, 1.82) is 0 Å². The van der Waals surface area contributed by atoms with Crippen molar-refractivity contribution in [3.8, 4) is 44.6 Å². The van der Waals surface area contributed by atoms with Crippen molar-refractivity contribution >= 4 is 87.9 Å². The van der Waals surface area contributed by atoms with Gasteiger partial charge in [0.15, 0.2) is 0 Å². The number of aromatic nitrogens is 2. The van der Waals surface area contributed by atoms with Gasteiger partial charge in [-0.15, -0.1) is 16.8 Å². The summed E-state index contributed by atoms with van der Waals surface area (Å²) in [5.74, 6) is 5.93. The predicted molar refractivity (Wildman–Crippen MR) is 318 cm³/mol. The molecular formula is C68H54FGeIrN4S. The molecule has 0 fully saturated rings. The molecule has 0 aliphatic carbocycles. The average Bonchev–Trinajstić information content (AvgIpc) is 4.24. The molecule has 4 nitrogen and oxygen atoms in total. The van der Waals surface area contributed by atoms with Gasteiger partial charge >= 0.3 is 145 Å². The minimum absolute atomic E-state index is 0. The monoisotopic (exact) mass is 1250 g/mol. The minimum Gasteiger partial charge on any atom is 3.00 e. The number of aryl methyl sites for hydroxylation is 1. The number of halogens is 1. The number of nitrogens with zero attached hydrogens (tertiary/aromatic N) is 4. The number of rotatable bonds is 8. The Morgan fingerprint density at radius 1 is 0.645 bits per heavy atom. The van der Waals surface area contributed by atoms with Gasteiger partial charge in [0, 0.05) is 38.8 Å². The fourth-order valence-corrected chi connectivity index (χ4v) is 15.3. The molecule has 1 atom stereocenters. The van der Waals surface area contributed by atoms with E-state index in [9.17, 15) is 4.39 Å². The maximum Gasteiger partial charge on any atom is 3.00 e. The Morgan fingerprint density at radius 3 is 1.91 bits per heavy atom. The largest absolute Gasteiger partial charge is 3.00 e. The molecular weight excluding hydrogens is 1190 g/mol. The van der Waals surface area contributed by atoms with Gasteiger partial charge < -0.3 is 10.2 Å². The van der Waals surface area contributed by atoms with Crippen LogP contribution in [0, 0.1) is 24.9 Å². The first-order valence-electron chi connectivity index (χ1n) is 26.0. The maximum absolute atomic E-state index is 13.0. The van der Waals surface area contributed by atoms with E-state index in [1.165, 1.54) is 53.9 Å². The van der Waals surface area contributed by atoms with Gasteiger partial charge in [-0.3, -0.25) is 4.98 Å². The van der Waals surface area contributed by atoms with E-state index in [-0.39, 0.29) is 32.1 Å². The number of thiophene rings is 1. The second-order valence-corrected chi connectivity index (χ2v) is 32.2. The number of fused-ring (bicyclic) bond motifs is 9. The molecule has 1 unspecified atom stereocenters. The third-order valence-corrected chi connectivity index (χ3v) is 19.7. The molecule has 372 valence electrons. The van der Waals surface area contributed by atoms with Crippen LogP contribution in [0.15, 0.2) is 207 Å². The summed E-state index contributed by atoms with van der Waals surface area (Å²) in [6.07, 6.45) is 3.54. The second-order valence-electron chi connectivity index (χ2n) is 20.5. The van der Waals surface area contributed by atoms with Gasteiger partial charge in [-0.05, 0) is 56.7 Å².